The van der Waals surface area contributed by atoms with Gasteiger partial charge in [0.1, 0.15) is 0 Å². The van der Waals surface area contributed by atoms with E-state index in [1.54, 1.807) is 97.1 Å². The van der Waals surface area contributed by atoms with Gasteiger partial charge in [-0.3, -0.25) is 0 Å². The summed E-state index contributed by atoms with van der Waals surface area (Å²) in [5.74, 6) is -1.60. The molecule has 4 rings (SSSR count). The highest BCUT2D eigenvalue weighted by Crippen LogP contribution is 2.21. The number of ether oxygens (including phenoxy) is 4. The van der Waals surface area contributed by atoms with Crippen LogP contribution < -0.4 is 0 Å². The van der Waals surface area contributed by atoms with Crippen molar-refractivity contribution in [3.05, 3.63) is 119 Å². The molecule has 44 heavy (non-hydrogen) atoms. The summed E-state index contributed by atoms with van der Waals surface area (Å²) in [6.07, 6.45) is 0. The molecule has 0 radical (unpaired) electrons. The largest absolute Gasteiger partial charge is 0.465 e. The minimum Gasteiger partial charge on any atom is -0.465 e. The number of rotatable bonds is 8. The van der Waals surface area contributed by atoms with Crippen molar-refractivity contribution in [2.24, 2.45) is 20.5 Å². The van der Waals surface area contributed by atoms with Crippen LogP contribution in [0.3, 0.4) is 0 Å². The Morgan fingerprint density at radius 3 is 0.636 bits per heavy atom. The summed E-state index contributed by atoms with van der Waals surface area (Å²) in [6.45, 7) is 0. The second kappa shape index (κ2) is 16.4. The van der Waals surface area contributed by atoms with E-state index in [1.807, 2.05) is 0 Å². The average Bonchev–Trinajstić information content (AvgIpc) is 3.09. The molecule has 4 aromatic carbocycles. The highest BCUT2D eigenvalue weighted by Gasteiger charge is 2.07. The molecule has 0 saturated carbocycles. The summed E-state index contributed by atoms with van der Waals surface area (Å²) in [5, 5.41) is 16.2. The Bertz CT molecular complexity index is 1380. The fraction of sp³-hybridized carbons (Fsp3) is 0.125. The van der Waals surface area contributed by atoms with Gasteiger partial charge >= 0.3 is 23.9 Å². The normalized spacial score (nSPS) is 10.5. The number of nitrogens with zero attached hydrogens (tertiary/aromatic N) is 4. The van der Waals surface area contributed by atoms with Gasteiger partial charge in [-0.15, -0.1) is 0 Å². The first-order chi connectivity index (χ1) is 21.3. The maximum Gasteiger partial charge on any atom is 0.337 e. The molecule has 12 heteroatoms. The van der Waals surface area contributed by atoms with Crippen molar-refractivity contribution in [2.75, 3.05) is 28.4 Å². The number of carbonyl (C=O) groups is 4. The predicted molar refractivity (Wildman–Crippen MR) is 159 cm³/mol. The summed E-state index contributed by atoms with van der Waals surface area (Å²) in [4.78, 5) is 45.2. The topological polar surface area (TPSA) is 155 Å². The van der Waals surface area contributed by atoms with E-state index in [9.17, 15) is 19.2 Å². The van der Waals surface area contributed by atoms with Gasteiger partial charge in [0.05, 0.1) is 73.4 Å². The third kappa shape index (κ3) is 9.52. The van der Waals surface area contributed by atoms with Crippen molar-refractivity contribution < 1.29 is 38.1 Å². The molecule has 0 aliphatic carbocycles. The van der Waals surface area contributed by atoms with Crippen molar-refractivity contribution in [3.8, 4) is 0 Å². The zero-order valence-electron chi connectivity index (χ0n) is 24.3. The zero-order chi connectivity index (χ0) is 31.9. The van der Waals surface area contributed by atoms with Crippen molar-refractivity contribution in [2.45, 2.75) is 0 Å². The zero-order valence-corrected chi connectivity index (χ0v) is 24.3. The second-order valence-corrected chi connectivity index (χ2v) is 8.55. The van der Waals surface area contributed by atoms with E-state index in [1.165, 1.54) is 28.4 Å². The number of hydrogen-bond acceptors (Lipinski definition) is 12. The SMILES string of the molecule is COC(=O)c1ccc(N=Nc2ccc(C(=O)OC)cc2)cc1.COC(=O)c1ccc(N=Nc2ccc(C(=O)OC)cc2)cc1. The molecule has 0 fully saturated rings. The third-order valence-electron chi connectivity index (χ3n) is 5.72. The van der Waals surface area contributed by atoms with Crippen LogP contribution in [0.1, 0.15) is 41.4 Å². The van der Waals surface area contributed by atoms with Gasteiger partial charge in [-0.25, -0.2) is 19.2 Å². The maximum atomic E-state index is 11.3. The van der Waals surface area contributed by atoms with Crippen LogP contribution in [0, 0.1) is 0 Å². The molecular formula is C32H28N4O8. The average molecular weight is 597 g/mol. The molecule has 0 spiro atoms. The Labute approximate surface area is 253 Å². The Balaban J connectivity index is 0.000000240. The molecular weight excluding hydrogens is 568 g/mol. The summed E-state index contributed by atoms with van der Waals surface area (Å²) >= 11 is 0. The number of esters is 4. The standard InChI is InChI=1S/2C16H14N2O4/c2*1-21-15(19)11-3-7-13(8-4-11)17-18-14-9-5-12(6-10-14)16(20)22-2/h2*3-10H,1-2H3. The van der Waals surface area contributed by atoms with Gasteiger partial charge in [0.25, 0.3) is 0 Å². The van der Waals surface area contributed by atoms with Gasteiger partial charge in [-0.05, 0) is 97.1 Å². The van der Waals surface area contributed by atoms with Crippen LogP contribution in [0.5, 0.6) is 0 Å². The van der Waals surface area contributed by atoms with Crippen molar-refractivity contribution in [1.82, 2.24) is 0 Å². The Morgan fingerprint density at radius 1 is 0.341 bits per heavy atom. The fourth-order valence-electron chi connectivity index (χ4n) is 3.36. The quantitative estimate of drug-likeness (QED) is 0.116. The van der Waals surface area contributed by atoms with Gasteiger partial charge in [0.15, 0.2) is 0 Å². The molecule has 0 aromatic heterocycles. The number of azo groups is 2. The maximum absolute atomic E-state index is 11.3. The lowest BCUT2D eigenvalue weighted by Crippen LogP contribution is -1.99. The van der Waals surface area contributed by atoms with Crippen molar-refractivity contribution in [1.29, 1.82) is 0 Å². The summed E-state index contributed by atoms with van der Waals surface area (Å²) < 4.78 is 18.5. The van der Waals surface area contributed by atoms with E-state index in [0.717, 1.165) is 0 Å². The first-order valence-electron chi connectivity index (χ1n) is 12.8. The van der Waals surface area contributed by atoms with Crippen LogP contribution in [-0.4, -0.2) is 52.3 Å². The number of methoxy groups -OCH3 is 4. The van der Waals surface area contributed by atoms with Gasteiger partial charge in [0, 0.05) is 0 Å². The first kappa shape index (κ1) is 32.5. The van der Waals surface area contributed by atoms with Crippen LogP contribution in [0.25, 0.3) is 0 Å². The summed E-state index contributed by atoms with van der Waals surface area (Å²) in [6, 6.07) is 26.2. The third-order valence-corrected chi connectivity index (χ3v) is 5.72. The van der Waals surface area contributed by atoms with Crippen LogP contribution in [-0.2, 0) is 18.9 Å². The van der Waals surface area contributed by atoms with E-state index < -0.39 is 23.9 Å². The molecule has 0 bridgehead atoms. The monoisotopic (exact) mass is 596 g/mol. The lowest BCUT2D eigenvalue weighted by atomic mass is 10.2. The van der Waals surface area contributed by atoms with Crippen molar-refractivity contribution >= 4 is 46.6 Å². The van der Waals surface area contributed by atoms with Crippen LogP contribution >= 0.6 is 0 Å². The molecule has 4 aromatic rings. The smallest absolute Gasteiger partial charge is 0.337 e. The Kier molecular flexibility index (Phi) is 12.1. The molecule has 0 N–H and O–H groups in total. The second-order valence-electron chi connectivity index (χ2n) is 8.55. The first-order valence-corrected chi connectivity index (χ1v) is 12.8. The van der Waals surface area contributed by atoms with Crippen molar-refractivity contribution in [3.63, 3.8) is 0 Å². The molecule has 12 nitrogen and oxygen atoms in total. The predicted octanol–water partition coefficient (Wildman–Crippen LogP) is 7.35. The minimum atomic E-state index is -0.401. The molecule has 0 unspecified atom stereocenters. The van der Waals surface area contributed by atoms with Gasteiger partial charge in [0.2, 0.25) is 0 Å². The van der Waals surface area contributed by atoms with E-state index in [2.05, 4.69) is 39.4 Å². The molecule has 0 aliphatic heterocycles. The molecule has 0 aliphatic rings. The molecule has 0 saturated heterocycles. The van der Waals surface area contributed by atoms with Gasteiger partial charge in [-0.1, -0.05) is 0 Å². The van der Waals surface area contributed by atoms with Gasteiger partial charge in [-0.2, -0.15) is 20.5 Å². The Morgan fingerprint density at radius 2 is 0.500 bits per heavy atom. The van der Waals surface area contributed by atoms with Gasteiger partial charge < -0.3 is 18.9 Å². The van der Waals surface area contributed by atoms with E-state index >= 15 is 0 Å². The van der Waals surface area contributed by atoms with Crippen LogP contribution in [0.4, 0.5) is 22.7 Å². The molecule has 0 atom stereocenters. The summed E-state index contributed by atoms with van der Waals surface area (Å²) in [7, 11) is 5.31. The minimum absolute atomic E-state index is 0.401. The lowest BCUT2D eigenvalue weighted by molar-refractivity contribution is 0.0592. The summed E-state index contributed by atoms with van der Waals surface area (Å²) in [5.41, 5.74) is 4.20. The van der Waals surface area contributed by atoms with Crippen LogP contribution in [0.15, 0.2) is 118 Å². The fourth-order valence-corrected chi connectivity index (χ4v) is 3.36. The van der Waals surface area contributed by atoms with E-state index in [0.29, 0.717) is 45.0 Å². The molecule has 0 amide bonds. The number of carbonyl (C=O) groups excluding carboxylic acids is 4. The molecule has 224 valence electrons. The molecule has 0 heterocycles. The van der Waals surface area contributed by atoms with E-state index in [4.69, 9.17) is 0 Å². The number of benzene rings is 4. The highest BCUT2D eigenvalue weighted by molar-refractivity contribution is 5.91. The Hall–Kier alpha value is -6.04. The lowest BCUT2D eigenvalue weighted by Gasteiger charge is -1.99. The number of hydrogen-bond donors (Lipinski definition) is 0. The van der Waals surface area contributed by atoms with Crippen LogP contribution in [0.2, 0.25) is 0 Å². The highest BCUT2D eigenvalue weighted by atomic mass is 16.5. The van der Waals surface area contributed by atoms with E-state index in [-0.39, 0.29) is 0 Å².